The summed E-state index contributed by atoms with van der Waals surface area (Å²) < 4.78 is 10.8. The molecule has 2 aromatic carbocycles. The van der Waals surface area contributed by atoms with Crippen molar-refractivity contribution >= 4 is 23.2 Å². The lowest BCUT2D eigenvalue weighted by atomic mass is 9.77. The number of aryl methyl sites for hydroxylation is 1. The van der Waals surface area contributed by atoms with E-state index in [1.54, 1.807) is 13.8 Å². The van der Waals surface area contributed by atoms with Gasteiger partial charge in [-0.25, -0.2) is 0 Å². The minimum Gasteiger partial charge on any atom is -0.465 e. The summed E-state index contributed by atoms with van der Waals surface area (Å²) in [7, 11) is 0. The van der Waals surface area contributed by atoms with Crippen LogP contribution in [0.3, 0.4) is 0 Å². The zero-order valence-corrected chi connectivity index (χ0v) is 17.0. The average molecular weight is 391 g/mol. The quantitative estimate of drug-likeness (QED) is 0.448. The molecule has 1 aliphatic carbocycles. The predicted molar refractivity (Wildman–Crippen MR) is 112 cm³/mol. The van der Waals surface area contributed by atoms with E-state index in [9.17, 15) is 9.59 Å². The number of carbonyl (C=O) groups is 2. The highest BCUT2D eigenvalue weighted by atomic mass is 16.6. The van der Waals surface area contributed by atoms with E-state index in [0.29, 0.717) is 5.57 Å². The fourth-order valence-electron chi connectivity index (χ4n) is 3.90. The van der Waals surface area contributed by atoms with Crippen LogP contribution >= 0.6 is 0 Å². The van der Waals surface area contributed by atoms with Crippen LogP contribution in [0.5, 0.6) is 0 Å². The predicted octanol–water partition coefficient (Wildman–Crippen LogP) is 4.44. The molecule has 5 heteroatoms. The van der Waals surface area contributed by atoms with Gasteiger partial charge in [-0.15, -0.1) is 5.73 Å². The minimum atomic E-state index is -1.73. The van der Waals surface area contributed by atoms with Gasteiger partial charge in [0.1, 0.15) is 0 Å². The minimum absolute atomic E-state index is 0.137. The number of hydrogen-bond acceptors (Lipinski definition) is 5. The van der Waals surface area contributed by atoms with Gasteiger partial charge in [-0.2, -0.15) is 0 Å². The van der Waals surface area contributed by atoms with Crippen LogP contribution in [0.4, 0.5) is 5.69 Å². The average Bonchev–Trinajstić information content (AvgIpc) is 2.99. The zero-order valence-electron chi connectivity index (χ0n) is 17.0. The first-order valence-electron chi connectivity index (χ1n) is 9.68. The van der Waals surface area contributed by atoms with Crippen molar-refractivity contribution < 1.29 is 19.1 Å². The molecule has 1 atom stereocenters. The first kappa shape index (κ1) is 20.4. The van der Waals surface area contributed by atoms with Crippen molar-refractivity contribution in [1.29, 1.82) is 0 Å². The second-order valence-electron chi connectivity index (χ2n) is 6.83. The molecule has 2 aromatic rings. The second kappa shape index (κ2) is 8.38. The third-order valence-corrected chi connectivity index (χ3v) is 5.07. The van der Waals surface area contributed by atoms with Crippen LogP contribution in [-0.4, -0.2) is 25.2 Å². The van der Waals surface area contributed by atoms with Crippen molar-refractivity contribution in [2.45, 2.75) is 26.8 Å². The summed E-state index contributed by atoms with van der Waals surface area (Å²) >= 11 is 0. The maximum absolute atomic E-state index is 13.3. The molecule has 0 spiro atoms. The summed E-state index contributed by atoms with van der Waals surface area (Å²) in [5.74, 6) is -1.35. The maximum atomic E-state index is 13.3. The van der Waals surface area contributed by atoms with Gasteiger partial charge >= 0.3 is 11.9 Å². The van der Waals surface area contributed by atoms with E-state index in [0.717, 1.165) is 22.4 Å². The molecule has 29 heavy (non-hydrogen) atoms. The number of nitrogens with one attached hydrogen (secondary N) is 1. The third-order valence-electron chi connectivity index (χ3n) is 5.07. The second-order valence-corrected chi connectivity index (χ2v) is 6.83. The SMILES string of the molecule is C=C=C1c2ccccc2C(Nc2cccc(C)c2)C1(C(=O)OCC)C(=O)OCC. The molecule has 0 aliphatic heterocycles. The molecule has 0 aromatic heterocycles. The smallest absolute Gasteiger partial charge is 0.331 e. The maximum Gasteiger partial charge on any atom is 0.331 e. The van der Waals surface area contributed by atoms with Crippen LogP contribution in [0.2, 0.25) is 0 Å². The van der Waals surface area contributed by atoms with Gasteiger partial charge in [0.2, 0.25) is 5.41 Å². The Morgan fingerprint density at radius 2 is 1.72 bits per heavy atom. The molecule has 0 heterocycles. The Balaban J connectivity index is 2.27. The Morgan fingerprint density at radius 1 is 1.07 bits per heavy atom. The van der Waals surface area contributed by atoms with Crippen molar-refractivity contribution in [3.63, 3.8) is 0 Å². The van der Waals surface area contributed by atoms with Crippen LogP contribution in [0.15, 0.2) is 60.8 Å². The van der Waals surface area contributed by atoms with Crippen molar-refractivity contribution in [2.24, 2.45) is 5.41 Å². The molecule has 0 saturated heterocycles. The highest BCUT2D eigenvalue weighted by molar-refractivity contribution is 6.15. The Bertz CT molecular complexity index is 970. The largest absolute Gasteiger partial charge is 0.465 e. The number of carbonyl (C=O) groups excluding carboxylic acids is 2. The van der Waals surface area contributed by atoms with E-state index in [-0.39, 0.29) is 13.2 Å². The fourth-order valence-corrected chi connectivity index (χ4v) is 3.90. The third kappa shape index (κ3) is 3.34. The number of fused-ring (bicyclic) bond motifs is 1. The van der Waals surface area contributed by atoms with Gasteiger partial charge in [0.05, 0.1) is 19.3 Å². The molecular weight excluding hydrogens is 366 g/mol. The molecule has 0 fully saturated rings. The van der Waals surface area contributed by atoms with Crippen molar-refractivity contribution in [3.8, 4) is 0 Å². The normalized spacial score (nSPS) is 16.5. The van der Waals surface area contributed by atoms with Gasteiger partial charge in [0.15, 0.2) is 0 Å². The molecule has 1 unspecified atom stereocenters. The van der Waals surface area contributed by atoms with Crippen molar-refractivity contribution in [1.82, 2.24) is 0 Å². The number of hydrogen-bond donors (Lipinski definition) is 1. The van der Waals surface area contributed by atoms with Gasteiger partial charge in [0.25, 0.3) is 0 Å². The number of benzene rings is 2. The first-order valence-corrected chi connectivity index (χ1v) is 9.68. The van der Waals surface area contributed by atoms with Crippen LogP contribution in [-0.2, 0) is 19.1 Å². The first-order chi connectivity index (χ1) is 14.0. The standard InChI is InChI=1S/C24H25NO4/c1-5-20-18-13-8-9-14-19(18)21(25-17-12-10-11-16(4)15-17)24(20,22(26)28-6-2)23(27)29-7-3/h8-15,21,25H,1,6-7H2,2-4H3. The topological polar surface area (TPSA) is 64.6 Å². The Hall–Kier alpha value is -3.30. The van der Waals surface area contributed by atoms with E-state index >= 15 is 0 Å². The fraction of sp³-hybridized carbons (Fsp3) is 0.292. The molecule has 1 aliphatic rings. The van der Waals surface area contributed by atoms with Gasteiger partial charge in [0, 0.05) is 11.3 Å². The summed E-state index contributed by atoms with van der Waals surface area (Å²) in [6.45, 7) is 9.44. The summed E-state index contributed by atoms with van der Waals surface area (Å²) in [5.41, 5.74) is 4.84. The number of rotatable bonds is 6. The summed E-state index contributed by atoms with van der Waals surface area (Å²) in [6, 6.07) is 14.5. The van der Waals surface area contributed by atoms with Gasteiger partial charge in [-0.05, 0) is 49.6 Å². The lowest BCUT2D eigenvalue weighted by Gasteiger charge is -2.32. The molecule has 0 bridgehead atoms. The molecular formula is C24H25NO4. The van der Waals surface area contributed by atoms with Crippen molar-refractivity contribution in [3.05, 3.63) is 77.5 Å². The summed E-state index contributed by atoms with van der Waals surface area (Å²) in [4.78, 5) is 26.7. The lowest BCUT2D eigenvalue weighted by molar-refractivity contribution is -0.167. The number of anilines is 1. The Morgan fingerprint density at radius 3 is 2.31 bits per heavy atom. The molecule has 0 radical (unpaired) electrons. The lowest BCUT2D eigenvalue weighted by Crippen LogP contribution is -2.47. The van der Waals surface area contributed by atoms with E-state index in [1.165, 1.54) is 0 Å². The number of ether oxygens (including phenoxy) is 2. The molecule has 1 N–H and O–H groups in total. The number of esters is 2. The van der Waals surface area contributed by atoms with E-state index in [4.69, 9.17) is 9.47 Å². The van der Waals surface area contributed by atoms with E-state index < -0.39 is 23.4 Å². The monoisotopic (exact) mass is 391 g/mol. The van der Waals surface area contributed by atoms with Crippen LogP contribution in [0.25, 0.3) is 5.57 Å². The van der Waals surface area contributed by atoms with Crippen LogP contribution < -0.4 is 5.32 Å². The summed E-state index contributed by atoms with van der Waals surface area (Å²) in [6.07, 6.45) is 0. The zero-order chi connectivity index (χ0) is 21.0. The molecule has 0 saturated carbocycles. The van der Waals surface area contributed by atoms with E-state index in [1.807, 2.05) is 55.5 Å². The van der Waals surface area contributed by atoms with E-state index in [2.05, 4.69) is 17.6 Å². The van der Waals surface area contributed by atoms with Gasteiger partial charge in [-0.1, -0.05) is 43.0 Å². The molecule has 150 valence electrons. The van der Waals surface area contributed by atoms with Crippen molar-refractivity contribution in [2.75, 3.05) is 18.5 Å². The van der Waals surface area contributed by atoms with Crippen LogP contribution in [0.1, 0.15) is 36.6 Å². The molecule has 0 amide bonds. The summed E-state index contributed by atoms with van der Waals surface area (Å²) in [5, 5.41) is 3.38. The highest BCUT2D eigenvalue weighted by Crippen LogP contribution is 2.56. The Labute approximate surface area is 171 Å². The van der Waals surface area contributed by atoms with Crippen LogP contribution in [0, 0.1) is 12.3 Å². The van der Waals surface area contributed by atoms with Gasteiger partial charge < -0.3 is 14.8 Å². The molecule has 5 nitrogen and oxygen atoms in total. The Kier molecular flexibility index (Phi) is 5.90. The van der Waals surface area contributed by atoms with Gasteiger partial charge in [-0.3, -0.25) is 9.59 Å². The highest BCUT2D eigenvalue weighted by Gasteiger charge is 2.63. The molecule has 3 rings (SSSR count).